The zero-order valence-electron chi connectivity index (χ0n) is 12.9. The number of nitrogens with zero attached hydrogens (tertiary/aromatic N) is 1. The second-order valence-corrected chi connectivity index (χ2v) is 5.84. The number of phenolic OH excluding ortho intramolecular Hbond substituents is 2. The molecular formula is C18H21NO3. The Bertz CT molecular complexity index is 667. The van der Waals surface area contributed by atoms with E-state index in [1.165, 1.54) is 5.56 Å². The number of aromatic hydroxyl groups is 2. The summed E-state index contributed by atoms with van der Waals surface area (Å²) in [5, 5.41) is 19.5. The van der Waals surface area contributed by atoms with Gasteiger partial charge in [-0.1, -0.05) is 12.1 Å². The number of hydrogen-bond donors (Lipinski definition) is 2. The van der Waals surface area contributed by atoms with Crippen molar-refractivity contribution in [2.75, 3.05) is 20.7 Å². The summed E-state index contributed by atoms with van der Waals surface area (Å²) >= 11 is 0. The standard InChI is InChI=1S/C18H21NO3/c1-19-8-7-13-10-18(22-2)17(21)11-15(13)16(19)9-12-3-5-14(20)6-4-12/h3-6,10-11,16,20-21H,7-9H2,1-2H3/t16-/m0/s1/i1+2. The van der Waals surface area contributed by atoms with Crippen LogP contribution in [-0.2, 0) is 12.8 Å². The van der Waals surface area contributed by atoms with E-state index in [9.17, 15) is 10.2 Å². The third-order valence-electron chi connectivity index (χ3n) is 4.43. The Labute approximate surface area is 130 Å². The van der Waals surface area contributed by atoms with Crippen LogP contribution in [-0.4, -0.2) is 35.8 Å². The first kappa shape index (κ1) is 14.7. The van der Waals surface area contributed by atoms with E-state index in [0.717, 1.165) is 30.5 Å². The predicted octanol–water partition coefficient (Wildman–Crippen LogP) is 2.88. The topological polar surface area (TPSA) is 52.9 Å². The van der Waals surface area contributed by atoms with E-state index in [4.69, 9.17) is 4.74 Å². The normalized spacial score (nSPS) is 18.0. The molecule has 2 N–H and O–H groups in total. The molecule has 0 saturated heterocycles. The largest absolute Gasteiger partial charge is 0.508 e. The Hall–Kier alpha value is -2.20. The van der Waals surface area contributed by atoms with Crippen LogP contribution in [0.4, 0.5) is 0 Å². The Morgan fingerprint density at radius 3 is 2.64 bits per heavy atom. The molecule has 1 aliphatic heterocycles. The first-order valence-corrected chi connectivity index (χ1v) is 7.46. The van der Waals surface area contributed by atoms with Gasteiger partial charge < -0.3 is 14.9 Å². The van der Waals surface area contributed by atoms with E-state index in [-0.39, 0.29) is 17.5 Å². The molecule has 3 rings (SSSR count). The number of fused-ring (bicyclic) bond motifs is 1. The number of methoxy groups -OCH3 is 1. The van der Waals surface area contributed by atoms with Crippen molar-refractivity contribution in [2.24, 2.45) is 0 Å². The van der Waals surface area contributed by atoms with Gasteiger partial charge >= 0.3 is 0 Å². The highest BCUT2D eigenvalue weighted by Crippen LogP contribution is 2.38. The fourth-order valence-electron chi connectivity index (χ4n) is 3.13. The maximum atomic E-state index is 10.1. The Kier molecular flexibility index (Phi) is 3.94. The average Bonchev–Trinajstić information content (AvgIpc) is 2.52. The highest BCUT2D eigenvalue weighted by atomic mass is 16.5. The van der Waals surface area contributed by atoms with Gasteiger partial charge in [-0.05, 0) is 60.8 Å². The molecule has 0 fully saturated rings. The second kappa shape index (κ2) is 5.89. The lowest BCUT2D eigenvalue weighted by molar-refractivity contribution is 0.228. The zero-order chi connectivity index (χ0) is 15.7. The van der Waals surface area contributed by atoms with Gasteiger partial charge in [0, 0.05) is 12.6 Å². The van der Waals surface area contributed by atoms with Crippen molar-refractivity contribution in [1.29, 1.82) is 0 Å². The summed E-state index contributed by atoms with van der Waals surface area (Å²) in [7, 11) is 3.68. The van der Waals surface area contributed by atoms with Crippen LogP contribution in [0.2, 0.25) is 0 Å². The Morgan fingerprint density at radius 1 is 1.23 bits per heavy atom. The van der Waals surface area contributed by atoms with E-state index in [0.29, 0.717) is 5.75 Å². The smallest absolute Gasteiger partial charge is 0.160 e. The molecule has 0 aromatic heterocycles. The molecule has 4 nitrogen and oxygen atoms in total. The van der Waals surface area contributed by atoms with E-state index in [1.807, 2.05) is 24.3 Å². The van der Waals surface area contributed by atoms with Crippen LogP contribution in [0.3, 0.4) is 0 Å². The van der Waals surface area contributed by atoms with Crippen molar-refractivity contribution in [1.82, 2.24) is 4.90 Å². The average molecular weight is 301 g/mol. The number of likely N-dealkylation sites (N-methyl/N-ethyl adjacent to an activating group) is 1. The molecule has 2 aromatic rings. The first-order chi connectivity index (χ1) is 10.6. The molecule has 0 radical (unpaired) electrons. The Morgan fingerprint density at radius 2 is 1.95 bits per heavy atom. The summed E-state index contributed by atoms with van der Waals surface area (Å²) in [6.45, 7) is 0.976. The van der Waals surface area contributed by atoms with Gasteiger partial charge in [0.2, 0.25) is 0 Å². The van der Waals surface area contributed by atoms with Crippen molar-refractivity contribution in [2.45, 2.75) is 18.9 Å². The highest BCUT2D eigenvalue weighted by Gasteiger charge is 2.26. The van der Waals surface area contributed by atoms with E-state index in [2.05, 4.69) is 11.9 Å². The summed E-state index contributed by atoms with van der Waals surface area (Å²) in [5.41, 5.74) is 3.55. The SMILES string of the molecule is COc1cc2c(cc1O)[C@H](Cc1ccc(O)cc1)N([14CH3])CC2. The molecule has 2 aromatic carbocycles. The molecule has 1 heterocycles. The number of phenols is 2. The van der Waals surface area contributed by atoms with Gasteiger partial charge in [-0.2, -0.15) is 0 Å². The molecule has 116 valence electrons. The van der Waals surface area contributed by atoms with Gasteiger partial charge in [0.1, 0.15) is 5.75 Å². The lowest BCUT2D eigenvalue weighted by atomic mass is 9.89. The molecule has 0 bridgehead atoms. The third-order valence-corrected chi connectivity index (χ3v) is 4.43. The fourth-order valence-corrected chi connectivity index (χ4v) is 3.13. The first-order valence-electron chi connectivity index (χ1n) is 7.46. The summed E-state index contributed by atoms with van der Waals surface area (Å²) < 4.78 is 5.21. The zero-order valence-corrected chi connectivity index (χ0v) is 12.9. The van der Waals surface area contributed by atoms with Crippen LogP contribution in [0.15, 0.2) is 36.4 Å². The van der Waals surface area contributed by atoms with Gasteiger partial charge in [0.15, 0.2) is 11.5 Å². The monoisotopic (exact) mass is 301 g/mol. The maximum absolute atomic E-state index is 10.1. The minimum Gasteiger partial charge on any atom is -0.508 e. The van der Waals surface area contributed by atoms with Crippen molar-refractivity contribution in [3.63, 3.8) is 0 Å². The van der Waals surface area contributed by atoms with Crippen LogP contribution in [0.5, 0.6) is 17.2 Å². The summed E-state index contributed by atoms with van der Waals surface area (Å²) in [5.74, 6) is 1.00. The molecule has 22 heavy (non-hydrogen) atoms. The van der Waals surface area contributed by atoms with Crippen LogP contribution in [0, 0.1) is 0 Å². The summed E-state index contributed by atoms with van der Waals surface area (Å²) in [6, 6.07) is 11.3. The molecule has 0 saturated carbocycles. The van der Waals surface area contributed by atoms with Crippen molar-refractivity contribution < 1.29 is 14.9 Å². The quantitative estimate of drug-likeness (QED) is 0.915. The van der Waals surface area contributed by atoms with E-state index < -0.39 is 0 Å². The van der Waals surface area contributed by atoms with Crippen LogP contribution in [0.25, 0.3) is 0 Å². The predicted molar refractivity (Wildman–Crippen MR) is 85.5 cm³/mol. The highest BCUT2D eigenvalue weighted by molar-refractivity contribution is 5.49. The van der Waals surface area contributed by atoms with Crippen molar-refractivity contribution >= 4 is 0 Å². The van der Waals surface area contributed by atoms with Gasteiger partial charge in [0.25, 0.3) is 0 Å². The lowest BCUT2D eigenvalue weighted by Crippen LogP contribution is -2.33. The number of rotatable bonds is 3. The molecule has 4 heteroatoms. The third kappa shape index (κ3) is 2.74. The van der Waals surface area contributed by atoms with Crippen LogP contribution in [0.1, 0.15) is 22.7 Å². The number of benzene rings is 2. The van der Waals surface area contributed by atoms with Gasteiger partial charge in [0.05, 0.1) is 7.11 Å². The van der Waals surface area contributed by atoms with E-state index >= 15 is 0 Å². The van der Waals surface area contributed by atoms with Crippen molar-refractivity contribution in [3.8, 4) is 17.2 Å². The molecule has 0 amide bonds. The van der Waals surface area contributed by atoms with Crippen LogP contribution < -0.4 is 4.74 Å². The molecule has 0 unspecified atom stereocenters. The van der Waals surface area contributed by atoms with Gasteiger partial charge in [-0.3, -0.25) is 4.90 Å². The lowest BCUT2D eigenvalue weighted by Gasteiger charge is -2.35. The Balaban J connectivity index is 1.95. The molecule has 1 atom stereocenters. The van der Waals surface area contributed by atoms with Gasteiger partial charge in [-0.25, -0.2) is 0 Å². The molecular weight excluding hydrogens is 280 g/mol. The fraction of sp³-hybridized carbons (Fsp3) is 0.333. The number of ether oxygens (including phenoxy) is 1. The maximum Gasteiger partial charge on any atom is 0.160 e. The molecule has 1 aliphatic rings. The minimum atomic E-state index is 0.187. The molecule has 0 spiro atoms. The van der Waals surface area contributed by atoms with Crippen molar-refractivity contribution in [3.05, 3.63) is 53.1 Å². The minimum absolute atomic E-state index is 0.187. The van der Waals surface area contributed by atoms with E-state index in [1.54, 1.807) is 19.2 Å². The van der Waals surface area contributed by atoms with Crippen LogP contribution >= 0.6 is 0 Å². The number of hydrogen-bond acceptors (Lipinski definition) is 4. The van der Waals surface area contributed by atoms with Gasteiger partial charge in [-0.15, -0.1) is 0 Å². The molecule has 0 aliphatic carbocycles. The summed E-state index contributed by atoms with van der Waals surface area (Å²) in [4.78, 5) is 2.31. The second-order valence-electron chi connectivity index (χ2n) is 5.84. The summed E-state index contributed by atoms with van der Waals surface area (Å²) in [6.07, 6.45) is 1.80.